The van der Waals surface area contributed by atoms with Crippen LogP contribution in [0.15, 0.2) is 0 Å². The lowest BCUT2D eigenvalue weighted by Crippen LogP contribution is -2.47. The smallest absolute Gasteiger partial charge is 0.326 e. The highest BCUT2D eigenvalue weighted by Crippen LogP contribution is 2.25. The fourth-order valence-corrected chi connectivity index (χ4v) is 2.13. The van der Waals surface area contributed by atoms with Crippen molar-refractivity contribution < 1.29 is 23.1 Å². The second-order valence-electron chi connectivity index (χ2n) is 4.60. The molecular formula is C10H18N2O5S. The third-order valence-electron chi connectivity index (χ3n) is 2.79. The standard InChI is InChI=1S/C10H18N2O5S/c1-12(7-3-4-7)10(15)11-8(9(13)14)5-6-18(2,16)17/h7-8H,3-6H2,1-2H3,(H,11,15)(H,13,14). The lowest BCUT2D eigenvalue weighted by molar-refractivity contribution is -0.139. The second-order valence-corrected chi connectivity index (χ2v) is 6.86. The molecule has 1 aliphatic rings. The number of nitrogens with one attached hydrogen (secondary N) is 1. The van der Waals surface area contributed by atoms with Crippen LogP contribution in [0.2, 0.25) is 0 Å². The molecule has 0 heterocycles. The first-order valence-corrected chi connectivity index (χ1v) is 7.70. The van der Waals surface area contributed by atoms with Gasteiger partial charge in [-0.2, -0.15) is 0 Å². The van der Waals surface area contributed by atoms with Crippen LogP contribution in [-0.2, 0) is 14.6 Å². The maximum absolute atomic E-state index is 11.7. The third-order valence-corrected chi connectivity index (χ3v) is 3.77. The molecule has 8 heteroatoms. The normalized spacial score (nSPS) is 17.0. The van der Waals surface area contributed by atoms with Crippen molar-refractivity contribution in [3.8, 4) is 0 Å². The van der Waals surface area contributed by atoms with Gasteiger partial charge < -0.3 is 15.3 Å². The van der Waals surface area contributed by atoms with E-state index in [0.29, 0.717) is 0 Å². The number of aliphatic carboxylic acids is 1. The highest BCUT2D eigenvalue weighted by atomic mass is 32.2. The van der Waals surface area contributed by atoms with Crippen LogP contribution < -0.4 is 5.32 Å². The maximum atomic E-state index is 11.7. The van der Waals surface area contributed by atoms with Crippen molar-refractivity contribution in [1.82, 2.24) is 10.2 Å². The number of carbonyl (C=O) groups excluding carboxylic acids is 1. The third kappa shape index (κ3) is 4.91. The quantitative estimate of drug-likeness (QED) is 0.693. The van der Waals surface area contributed by atoms with E-state index in [1.807, 2.05) is 0 Å². The molecule has 0 aromatic rings. The summed E-state index contributed by atoms with van der Waals surface area (Å²) in [6, 6.07) is -1.47. The van der Waals surface area contributed by atoms with E-state index in [0.717, 1.165) is 19.1 Å². The lowest BCUT2D eigenvalue weighted by Gasteiger charge is -2.20. The van der Waals surface area contributed by atoms with Crippen molar-refractivity contribution in [2.45, 2.75) is 31.3 Å². The van der Waals surface area contributed by atoms with Gasteiger partial charge in [0.1, 0.15) is 15.9 Å². The fourth-order valence-electron chi connectivity index (χ4n) is 1.47. The van der Waals surface area contributed by atoms with Gasteiger partial charge in [-0.15, -0.1) is 0 Å². The Bertz CT molecular complexity index is 430. The minimum atomic E-state index is -3.24. The second kappa shape index (κ2) is 5.55. The molecule has 0 aromatic carbocycles. The lowest BCUT2D eigenvalue weighted by atomic mass is 10.2. The molecule has 104 valence electrons. The van der Waals surface area contributed by atoms with Crippen LogP contribution >= 0.6 is 0 Å². The zero-order valence-corrected chi connectivity index (χ0v) is 11.2. The van der Waals surface area contributed by atoms with Gasteiger partial charge >= 0.3 is 12.0 Å². The first-order chi connectivity index (χ1) is 8.20. The van der Waals surface area contributed by atoms with Gasteiger partial charge in [0.05, 0.1) is 5.75 Å². The van der Waals surface area contributed by atoms with E-state index in [9.17, 15) is 18.0 Å². The van der Waals surface area contributed by atoms with Gasteiger partial charge in [0.25, 0.3) is 0 Å². The zero-order chi connectivity index (χ0) is 13.9. The average molecular weight is 278 g/mol. The monoisotopic (exact) mass is 278 g/mol. The predicted molar refractivity (Wildman–Crippen MR) is 65.1 cm³/mol. The Labute approximate surface area is 106 Å². The molecule has 1 rings (SSSR count). The Morgan fingerprint density at radius 3 is 2.39 bits per heavy atom. The molecule has 0 radical (unpaired) electrons. The molecule has 1 aliphatic carbocycles. The summed E-state index contributed by atoms with van der Waals surface area (Å²) in [6.07, 6.45) is 2.75. The van der Waals surface area contributed by atoms with Crippen LogP contribution in [0.5, 0.6) is 0 Å². The van der Waals surface area contributed by atoms with Crippen molar-refractivity contribution in [2.75, 3.05) is 19.1 Å². The van der Waals surface area contributed by atoms with Gasteiger partial charge in [-0.25, -0.2) is 18.0 Å². The molecule has 1 fully saturated rings. The van der Waals surface area contributed by atoms with Crippen LogP contribution in [0.1, 0.15) is 19.3 Å². The predicted octanol–water partition coefficient (Wildman–Crippen LogP) is -0.322. The highest BCUT2D eigenvalue weighted by molar-refractivity contribution is 7.90. The number of carboxylic acid groups (broad SMARTS) is 1. The minimum absolute atomic E-state index is 0.127. The molecule has 7 nitrogen and oxygen atoms in total. The van der Waals surface area contributed by atoms with Crippen molar-refractivity contribution in [2.24, 2.45) is 0 Å². The van der Waals surface area contributed by atoms with Gasteiger partial charge in [0, 0.05) is 19.3 Å². The van der Waals surface area contributed by atoms with E-state index in [2.05, 4.69) is 5.32 Å². The summed E-state index contributed by atoms with van der Waals surface area (Å²) in [5, 5.41) is 11.3. The van der Waals surface area contributed by atoms with Crippen molar-refractivity contribution in [3.63, 3.8) is 0 Å². The largest absolute Gasteiger partial charge is 0.480 e. The Morgan fingerprint density at radius 2 is 2.00 bits per heavy atom. The number of carboxylic acids is 1. The van der Waals surface area contributed by atoms with E-state index < -0.39 is 27.9 Å². The Balaban J connectivity index is 2.51. The molecule has 18 heavy (non-hydrogen) atoms. The molecule has 2 N–H and O–H groups in total. The van der Waals surface area contributed by atoms with Gasteiger partial charge in [0.15, 0.2) is 0 Å². The molecule has 0 aromatic heterocycles. The van der Waals surface area contributed by atoms with Gasteiger partial charge in [0.2, 0.25) is 0 Å². The number of amides is 2. The van der Waals surface area contributed by atoms with Crippen LogP contribution in [0.4, 0.5) is 4.79 Å². The van der Waals surface area contributed by atoms with E-state index in [1.54, 1.807) is 7.05 Å². The molecular weight excluding hydrogens is 260 g/mol. The fraction of sp³-hybridized carbons (Fsp3) is 0.800. The number of hydrogen-bond donors (Lipinski definition) is 2. The summed E-state index contributed by atoms with van der Waals surface area (Å²) in [5.74, 6) is -1.49. The number of urea groups is 1. The topological polar surface area (TPSA) is 104 Å². The van der Waals surface area contributed by atoms with Crippen LogP contribution in [0, 0.1) is 0 Å². The van der Waals surface area contributed by atoms with Gasteiger partial charge in [-0.05, 0) is 19.3 Å². The van der Waals surface area contributed by atoms with Gasteiger partial charge in [-0.3, -0.25) is 0 Å². The van der Waals surface area contributed by atoms with Crippen LogP contribution in [0.3, 0.4) is 0 Å². The molecule has 1 atom stereocenters. The molecule has 0 bridgehead atoms. The molecule has 2 amide bonds. The number of hydrogen-bond acceptors (Lipinski definition) is 4. The van der Waals surface area contributed by atoms with Crippen molar-refractivity contribution >= 4 is 21.8 Å². The first-order valence-electron chi connectivity index (χ1n) is 5.64. The zero-order valence-electron chi connectivity index (χ0n) is 10.4. The maximum Gasteiger partial charge on any atom is 0.326 e. The summed E-state index contributed by atoms with van der Waals surface area (Å²) < 4.78 is 22.0. The molecule has 1 saturated carbocycles. The van der Waals surface area contributed by atoms with Crippen LogP contribution in [0.25, 0.3) is 0 Å². The molecule has 0 spiro atoms. The summed E-state index contributed by atoms with van der Waals surface area (Å²) in [5.41, 5.74) is 0. The summed E-state index contributed by atoms with van der Waals surface area (Å²) in [7, 11) is -1.64. The summed E-state index contributed by atoms with van der Waals surface area (Å²) >= 11 is 0. The van der Waals surface area contributed by atoms with Gasteiger partial charge in [-0.1, -0.05) is 0 Å². The Kier molecular flexibility index (Phi) is 4.55. The number of carbonyl (C=O) groups is 2. The number of nitrogens with zero attached hydrogens (tertiary/aromatic N) is 1. The molecule has 0 aliphatic heterocycles. The average Bonchev–Trinajstić information content (AvgIpc) is 3.04. The molecule has 1 unspecified atom stereocenters. The number of sulfone groups is 1. The van der Waals surface area contributed by atoms with Crippen molar-refractivity contribution in [3.05, 3.63) is 0 Å². The van der Waals surface area contributed by atoms with E-state index in [4.69, 9.17) is 5.11 Å². The van der Waals surface area contributed by atoms with Crippen molar-refractivity contribution in [1.29, 1.82) is 0 Å². The van der Waals surface area contributed by atoms with E-state index >= 15 is 0 Å². The highest BCUT2D eigenvalue weighted by Gasteiger charge is 2.31. The Hall–Kier alpha value is -1.31. The minimum Gasteiger partial charge on any atom is -0.480 e. The van der Waals surface area contributed by atoms with E-state index in [-0.39, 0.29) is 18.2 Å². The molecule has 0 saturated heterocycles. The SMILES string of the molecule is CN(C(=O)NC(CCS(C)(=O)=O)C(=O)O)C1CC1. The van der Waals surface area contributed by atoms with Crippen LogP contribution in [-0.4, -0.2) is 61.6 Å². The number of rotatable bonds is 6. The summed E-state index contributed by atoms with van der Waals surface area (Å²) in [4.78, 5) is 24.1. The Morgan fingerprint density at radius 1 is 1.44 bits per heavy atom. The summed E-state index contributed by atoms with van der Waals surface area (Å²) in [6.45, 7) is 0. The van der Waals surface area contributed by atoms with E-state index in [1.165, 1.54) is 4.90 Å². The first kappa shape index (κ1) is 14.7.